The van der Waals surface area contributed by atoms with Gasteiger partial charge in [0.15, 0.2) is 0 Å². The second-order valence-corrected chi connectivity index (χ2v) is 6.08. The van der Waals surface area contributed by atoms with Crippen molar-refractivity contribution < 1.29 is 9.53 Å². The van der Waals surface area contributed by atoms with Crippen molar-refractivity contribution in [3.63, 3.8) is 0 Å². The van der Waals surface area contributed by atoms with Crippen LogP contribution in [0.1, 0.15) is 39.0 Å². The largest absolute Gasteiger partial charge is 0.381 e. The highest BCUT2D eigenvalue weighted by Gasteiger charge is 2.35. The number of hydrogen-bond donors (Lipinski definition) is 2. The number of rotatable bonds is 3. The highest BCUT2D eigenvalue weighted by molar-refractivity contribution is 6.02. The first-order valence-corrected chi connectivity index (χ1v) is 7.89. The van der Waals surface area contributed by atoms with Crippen LogP contribution in [0.5, 0.6) is 0 Å². The van der Waals surface area contributed by atoms with E-state index in [0.717, 1.165) is 31.2 Å². The zero-order valence-corrected chi connectivity index (χ0v) is 12.8. The summed E-state index contributed by atoms with van der Waals surface area (Å²) in [4.78, 5) is 12.2. The van der Waals surface area contributed by atoms with E-state index in [1.54, 1.807) is 7.11 Å². The summed E-state index contributed by atoms with van der Waals surface area (Å²) in [5, 5.41) is 6.59. The van der Waals surface area contributed by atoms with Crippen LogP contribution >= 0.6 is 0 Å². The van der Waals surface area contributed by atoms with Gasteiger partial charge in [-0.15, -0.1) is 0 Å². The van der Waals surface area contributed by atoms with Gasteiger partial charge in [-0.3, -0.25) is 4.79 Å². The predicted octanol–water partition coefficient (Wildman–Crippen LogP) is 2.47. The molecule has 2 heterocycles. The minimum atomic E-state index is 0.119. The molecule has 4 heteroatoms. The highest BCUT2D eigenvalue weighted by Crippen LogP contribution is 2.43. The molecule has 0 saturated carbocycles. The van der Waals surface area contributed by atoms with Gasteiger partial charge in [-0.2, -0.15) is 0 Å². The fraction of sp³-hybridized carbons (Fsp3) is 0.389. The molecule has 0 bridgehead atoms. The molecule has 1 amide bonds. The molecule has 2 N–H and O–H groups in total. The number of hydrogen-bond acceptors (Lipinski definition) is 3. The third-order valence-corrected chi connectivity index (χ3v) is 4.79. The number of nitrogens with one attached hydrogen (secondary N) is 2. The lowest BCUT2D eigenvalue weighted by Crippen LogP contribution is -2.13. The first-order valence-electron chi connectivity index (χ1n) is 7.89. The monoisotopic (exact) mass is 296 g/mol. The summed E-state index contributed by atoms with van der Waals surface area (Å²) in [6, 6.07) is 0. The highest BCUT2D eigenvalue weighted by atomic mass is 16.5. The van der Waals surface area contributed by atoms with E-state index >= 15 is 0 Å². The number of benzene rings is 1. The van der Waals surface area contributed by atoms with E-state index < -0.39 is 0 Å². The summed E-state index contributed by atoms with van der Waals surface area (Å²) < 4.78 is 5.02. The Balaban J connectivity index is 1.74. The molecule has 1 aromatic rings. The Morgan fingerprint density at radius 3 is 2.91 bits per heavy atom. The van der Waals surface area contributed by atoms with Crippen molar-refractivity contribution in [2.45, 2.75) is 32.2 Å². The second-order valence-electron chi connectivity index (χ2n) is 6.08. The quantitative estimate of drug-likeness (QED) is 0.901. The minimum absolute atomic E-state index is 0.119. The molecule has 1 aliphatic carbocycles. The lowest BCUT2D eigenvalue weighted by Gasteiger charge is -2.12. The summed E-state index contributed by atoms with van der Waals surface area (Å²) in [7, 11) is 1.69. The molecule has 0 unspecified atom stereocenters. The molecule has 0 saturated heterocycles. The van der Waals surface area contributed by atoms with Gasteiger partial charge in [0.2, 0.25) is 0 Å². The Labute approximate surface area is 130 Å². The Bertz CT molecular complexity index is 717. The van der Waals surface area contributed by atoms with Gasteiger partial charge in [0.25, 0.3) is 5.91 Å². The fourth-order valence-electron chi connectivity index (χ4n) is 3.87. The SMILES string of the molecule is COC/C=C\C=C1/Cc2c3c(c4c(c2N1)CCC4)C(=O)NC3. The number of carbonyl (C=O) groups excluding carboxylic acids is 1. The number of methoxy groups -OCH3 is 1. The van der Waals surface area contributed by atoms with Gasteiger partial charge >= 0.3 is 0 Å². The lowest BCUT2D eigenvalue weighted by atomic mass is 9.92. The Hall–Kier alpha value is -2.07. The maximum absolute atomic E-state index is 12.2. The summed E-state index contributed by atoms with van der Waals surface area (Å²) in [5.41, 5.74) is 8.64. The van der Waals surface area contributed by atoms with E-state index in [1.165, 1.54) is 33.6 Å². The number of fused-ring (bicyclic) bond motifs is 6. The zero-order chi connectivity index (χ0) is 15.1. The molecule has 3 aliphatic rings. The van der Waals surface area contributed by atoms with Crippen LogP contribution in [0.25, 0.3) is 0 Å². The predicted molar refractivity (Wildman–Crippen MR) is 86.1 cm³/mol. The molecule has 0 aromatic heterocycles. The molecule has 4 nitrogen and oxygen atoms in total. The Morgan fingerprint density at radius 1 is 1.18 bits per heavy atom. The fourth-order valence-corrected chi connectivity index (χ4v) is 3.87. The van der Waals surface area contributed by atoms with E-state index in [-0.39, 0.29) is 5.91 Å². The van der Waals surface area contributed by atoms with Crippen molar-refractivity contribution in [1.29, 1.82) is 0 Å². The first kappa shape index (κ1) is 13.6. The molecular weight excluding hydrogens is 276 g/mol. The average molecular weight is 296 g/mol. The average Bonchev–Trinajstić information content (AvgIpc) is 3.20. The molecule has 0 atom stereocenters. The van der Waals surface area contributed by atoms with Crippen LogP contribution in [0, 0.1) is 0 Å². The van der Waals surface area contributed by atoms with Crippen molar-refractivity contribution in [3.05, 3.63) is 51.7 Å². The van der Waals surface area contributed by atoms with Gasteiger partial charge in [0.1, 0.15) is 0 Å². The van der Waals surface area contributed by atoms with Crippen LogP contribution < -0.4 is 10.6 Å². The third kappa shape index (κ3) is 1.98. The Kier molecular flexibility index (Phi) is 3.26. The van der Waals surface area contributed by atoms with Crippen LogP contribution in [0.3, 0.4) is 0 Å². The first-order chi connectivity index (χ1) is 10.8. The van der Waals surface area contributed by atoms with Crippen molar-refractivity contribution >= 4 is 11.6 Å². The minimum Gasteiger partial charge on any atom is -0.381 e. The van der Waals surface area contributed by atoms with Gasteiger partial charge in [0.05, 0.1) is 6.61 Å². The molecule has 114 valence electrons. The zero-order valence-electron chi connectivity index (χ0n) is 12.8. The summed E-state index contributed by atoms with van der Waals surface area (Å²) in [6.07, 6.45) is 10.3. The third-order valence-electron chi connectivity index (χ3n) is 4.79. The van der Waals surface area contributed by atoms with E-state index in [1.807, 2.05) is 12.2 Å². The molecule has 0 radical (unpaired) electrons. The van der Waals surface area contributed by atoms with E-state index in [9.17, 15) is 4.79 Å². The maximum atomic E-state index is 12.2. The smallest absolute Gasteiger partial charge is 0.252 e. The molecule has 0 spiro atoms. The summed E-state index contributed by atoms with van der Waals surface area (Å²) in [6.45, 7) is 1.30. The van der Waals surface area contributed by atoms with E-state index in [0.29, 0.717) is 13.2 Å². The molecule has 22 heavy (non-hydrogen) atoms. The van der Waals surface area contributed by atoms with Crippen molar-refractivity contribution in [2.24, 2.45) is 0 Å². The van der Waals surface area contributed by atoms with Crippen molar-refractivity contribution in [3.8, 4) is 0 Å². The maximum Gasteiger partial charge on any atom is 0.252 e. The molecule has 4 rings (SSSR count). The van der Waals surface area contributed by atoms with E-state index in [2.05, 4.69) is 16.7 Å². The van der Waals surface area contributed by atoms with Gasteiger partial charge in [-0.1, -0.05) is 12.2 Å². The van der Waals surface area contributed by atoms with Gasteiger partial charge in [-0.25, -0.2) is 0 Å². The van der Waals surface area contributed by atoms with Gasteiger partial charge in [-0.05, 0) is 47.6 Å². The van der Waals surface area contributed by atoms with E-state index in [4.69, 9.17) is 4.74 Å². The number of carbonyl (C=O) groups is 1. The van der Waals surface area contributed by atoms with Crippen molar-refractivity contribution in [2.75, 3.05) is 19.0 Å². The van der Waals surface area contributed by atoms with Crippen LogP contribution in [0.15, 0.2) is 23.9 Å². The number of ether oxygens (including phenoxy) is 1. The lowest BCUT2D eigenvalue weighted by molar-refractivity contribution is 0.0965. The van der Waals surface area contributed by atoms with Gasteiger partial charge < -0.3 is 15.4 Å². The summed E-state index contributed by atoms with van der Waals surface area (Å²) in [5.74, 6) is 0.119. The molecule has 0 fully saturated rings. The second kappa shape index (κ2) is 5.29. The number of allylic oxidation sites excluding steroid dienone is 3. The van der Waals surface area contributed by atoms with Crippen molar-refractivity contribution in [1.82, 2.24) is 5.32 Å². The number of amides is 1. The standard InChI is InChI=1S/C18H20N2O2/c1-22-8-3-2-5-11-9-14-15-10-19-18(21)16(15)12-6-4-7-13(12)17(14)20-11/h2-3,5,20H,4,6-10H2,1H3,(H,19,21)/b3-2-,11-5+. The molecular formula is C18H20N2O2. The van der Waals surface area contributed by atoms with Gasteiger partial charge in [0, 0.05) is 37.0 Å². The molecule has 1 aromatic carbocycles. The van der Waals surface area contributed by atoms with Crippen LogP contribution in [-0.2, 0) is 30.5 Å². The van der Waals surface area contributed by atoms with Crippen LogP contribution in [-0.4, -0.2) is 19.6 Å². The normalized spacial score (nSPS) is 20.2. The topological polar surface area (TPSA) is 50.4 Å². The van der Waals surface area contributed by atoms with Crippen LogP contribution in [0.2, 0.25) is 0 Å². The summed E-state index contributed by atoms with van der Waals surface area (Å²) >= 11 is 0. The molecule has 2 aliphatic heterocycles. The van der Waals surface area contributed by atoms with Crippen LogP contribution in [0.4, 0.5) is 5.69 Å². The number of anilines is 1. The Morgan fingerprint density at radius 2 is 2.05 bits per heavy atom.